The monoisotopic (exact) mass is 521 g/mol. The average molecular weight is 522 g/mol. The Hall–Kier alpha value is -3.53. The largest absolute Gasteiger partial charge is 0.336 e. The molecule has 0 spiro atoms. The number of piperazine rings is 1. The van der Waals surface area contributed by atoms with E-state index in [0.717, 1.165) is 24.0 Å². The van der Waals surface area contributed by atoms with E-state index in [-0.39, 0.29) is 10.8 Å². The maximum atomic E-state index is 13.0. The van der Waals surface area contributed by atoms with Crippen molar-refractivity contribution in [3.8, 4) is 0 Å². The van der Waals surface area contributed by atoms with Crippen molar-refractivity contribution < 1.29 is 13.2 Å². The summed E-state index contributed by atoms with van der Waals surface area (Å²) < 4.78 is 28.6. The molecule has 10 heteroatoms. The molecule has 8 nitrogen and oxygen atoms in total. The number of benzene rings is 2. The lowest BCUT2D eigenvalue weighted by molar-refractivity contribution is 0.0628. The molecule has 3 heterocycles. The molecule has 0 radical (unpaired) electrons. The summed E-state index contributed by atoms with van der Waals surface area (Å²) in [5, 5.41) is 1.24. The van der Waals surface area contributed by atoms with Gasteiger partial charge in [0.15, 0.2) is 0 Å². The Kier molecular flexibility index (Phi) is 6.86. The Morgan fingerprint density at radius 3 is 2.33 bits per heavy atom. The number of hydrogen-bond donors (Lipinski definition) is 1. The number of halogens is 1. The average Bonchev–Trinajstić information content (AvgIpc) is 2.90. The van der Waals surface area contributed by atoms with Gasteiger partial charge in [0.05, 0.1) is 5.52 Å². The number of carbonyl (C=O) groups is 1. The van der Waals surface area contributed by atoms with Gasteiger partial charge in [-0.1, -0.05) is 35.9 Å². The van der Waals surface area contributed by atoms with Crippen LogP contribution in [-0.4, -0.2) is 60.3 Å². The normalized spacial score (nSPS) is 14.6. The van der Waals surface area contributed by atoms with Gasteiger partial charge in [-0.2, -0.15) is 0 Å². The zero-order valence-electron chi connectivity index (χ0n) is 19.3. The number of para-hydroxylation sites is 1. The van der Waals surface area contributed by atoms with Crippen molar-refractivity contribution in [1.29, 1.82) is 0 Å². The SMILES string of the molecule is O=C(c1ccc(NS(=O)(=O)c2cccc3cccnc23)cc1)N1CCN(Cc2cccnc2Cl)CC1. The van der Waals surface area contributed by atoms with E-state index >= 15 is 0 Å². The van der Waals surface area contributed by atoms with Gasteiger partial charge < -0.3 is 4.90 Å². The summed E-state index contributed by atoms with van der Waals surface area (Å²) >= 11 is 6.17. The predicted octanol–water partition coefficient (Wildman–Crippen LogP) is 4.04. The summed E-state index contributed by atoms with van der Waals surface area (Å²) in [6, 6.07) is 18.9. The minimum Gasteiger partial charge on any atom is -0.336 e. The molecule has 4 aromatic rings. The lowest BCUT2D eigenvalue weighted by Gasteiger charge is -2.34. The van der Waals surface area contributed by atoms with Crippen LogP contribution in [-0.2, 0) is 16.6 Å². The van der Waals surface area contributed by atoms with Crippen LogP contribution in [0.1, 0.15) is 15.9 Å². The van der Waals surface area contributed by atoms with Crippen LogP contribution in [0, 0.1) is 0 Å². The molecule has 0 atom stereocenters. The molecular weight excluding hydrogens is 498 g/mol. The van der Waals surface area contributed by atoms with Gasteiger partial charge >= 0.3 is 0 Å². The van der Waals surface area contributed by atoms with Crippen molar-refractivity contribution in [2.24, 2.45) is 0 Å². The third-order valence-electron chi connectivity index (χ3n) is 6.16. The molecule has 2 aromatic heterocycles. The van der Waals surface area contributed by atoms with Crippen LogP contribution in [0.5, 0.6) is 0 Å². The smallest absolute Gasteiger partial charge is 0.264 e. The number of rotatable bonds is 6. The van der Waals surface area contributed by atoms with Gasteiger partial charge in [0.2, 0.25) is 0 Å². The summed E-state index contributed by atoms with van der Waals surface area (Å²) in [6.45, 7) is 3.34. The fourth-order valence-corrected chi connectivity index (χ4v) is 5.67. The Balaban J connectivity index is 1.22. The zero-order chi connectivity index (χ0) is 25.1. The van der Waals surface area contributed by atoms with Crippen LogP contribution in [0.2, 0.25) is 5.15 Å². The van der Waals surface area contributed by atoms with E-state index < -0.39 is 10.0 Å². The predicted molar refractivity (Wildman–Crippen MR) is 139 cm³/mol. The second-order valence-corrected chi connectivity index (χ2v) is 10.5. The van der Waals surface area contributed by atoms with Crippen molar-refractivity contribution in [1.82, 2.24) is 19.8 Å². The molecule has 184 valence electrons. The molecule has 1 aliphatic rings. The fraction of sp³-hybridized carbons (Fsp3) is 0.192. The van der Waals surface area contributed by atoms with Crippen LogP contribution in [0.4, 0.5) is 5.69 Å². The Bertz CT molecular complexity index is 1500. The number of amides is 1. The van der Waals surface area contributed by atoms with Crippen molar-refractivity contribution in [2.45, 2.75) is 11.4 Å². The van der Waals surface area contributed by atoms with E-state index in [4.69, 9.17) is 11.6 Å². The van der Waals surface area contributed by atoms with Crippen LogP contribution in [0.25, 0.3) is 10.9 Å². The van der Waals surface area contributed by atoms with Gasteiger partial charge in [-0.25, -0.2) is 13.4 Å². The number of fused-ring (bicyclic) bond motifs is 1. The molecule has 0 saturated carbocycles. The maximum Gasteiger partial charge on any atom is 0.264 e. The fourth-order valence-electron chi connectivity index (χ4n) is 4.25. The first-order valence-electron chi connectivity index (χ1n) is 11.5. The molecular formula is C26H24ClN5O3S. The van der Waals surface area contributed by atoms with Crippen molar-refractivity contribution in [3.63, 3.8) is 0 Å². The minimum atomic E-state index is -3.86. The van der Waals surface area contributed by atoms with E-state index in [9.17, 15) is 13.2 Å². The van der Waals surface area contributed by atoms with Crippen LogP contribution < -0.4 is 4.72 Å². The molecule has 1 N–H and O–H groups in total. The zero-order valence-corrected chi connectivity index (χ0v) is 20.9. The molecule has 1 amide bonds. The first-order valence-corrected chi connectivity index (χ1v) is 13.3. The number of pyridine rings is 2. The second-order valence-electron chi connectivity index (χ2n) is 8.54. The lowest BCUT2D eigenvalue weighted by Crippen LogP contribution is -2.48. The number of sulfonamides is 1. The molecule has 1 fully saturated rings. The highest BCUT2D eigenvalue weighted by Crippen LogP contribution is 2.24. The van der Waals surface area contributed by atoms with Crippen LogP contribution >= 0.6 is 11.6 Å². The molecule has 5 rings (SSSR count). The molecule has 0 unspecified atom stereocenters. The van der Waals surface area contributed by atoms with Gasteiger partial charge in [-0.3, -0.25) is 19.4 Å². The first-order chi connectivity index (χ1) is 17.4. The third-order valence-corrected chi connectivity index (χ3v) is 7.91. The number of anilines is 1. The number of hydrogen-bond acceptors (Lipinski definition) is 6. The standard InChI is InChI=1S/C26H24ClN5O3S/c27-25-21(6-3-13-29-25)18-31-14-16-32(17-15-31)26(33)20-8-10-22(11-9-20)30-36(34,35)23-7-1-4-19-5-2-12-28-24(19)23/h1-13,30H,14-18H2. The first kappa shape index (κ1) is 24.2. The molecule has 36 heavy (non-hydrogen) atoms. The highest BCUT2D eigenvalue weighted by atomic mass is 35.5. The van der Waals surface area contributed by atoms with Gasteiger partial charge in [0.1, 0.15) is 10.0 Å². The number of nitrogens with one attached hydrogen (secondary N) is 1. The van der Waals surface area contributed by atoms with Gasteiger partial charge in [0, 0.05) is 67.3 Å². The quantitative estimate of drug-likeness (QED) is 0.385. The molecule has 0 aliphatic carbocycles. The Morgan fingerprint density at radius 2 is 1.58 bits per heavy atom. The highest BCUT2D eigenvalue weighted by Gasteiger charge is 2.23. The summed E-state index contributed by atoms with van der Waals surface area (Å²) in [7, 11) is -3.86. The number of carbonyl (C=O) groups excluding carboxylic acids is 1. The summed E-state index contributed by atoms with van der Waals surface area (Å²) in [6.07, 6.45) is 3.23. The van der Waals surface area contributed by atoms with Gasteiger partial charge in [-0.05, 0) is 42.5 Å². The molecule has 1 saturated heterocycles. The summed E-state index contributed by atoms with van der Waals surface area (Å²) in [5.41, 5.74) is 2.26. The van der Waals surface area contributed by atoms with E-state index in [1.54, 1.807) is 48.8 Å². The molecule has 1 aliphatic heterocycles. The van der Waals surface area contributed by atoms with Gasteiger partial charge in [0.25, 0.3) is 15.9 Å². The Morgan fingerprint density at radius 1 is 0.889 bits per heavy atom. The topological polar surface area (TPSA) is 95.5 Å². The molecule has 2 aromatic carbocycles. The summed E-state index contributed by atoms with van der Waals surface area (Å²) in [4.78, 5) is 25.5. The van der Waals surface area contributed by atoms with Gasteiger partial charge in [-0.15, -0.1) is 0 Å². The van der Waals surface area contributed by atoms with Crippen LogP contribution in [0.3, 0.4) is 0 Å². The second kappa shape index (κ2) is 10.2. The van der Waals surface area contributed by atoms with E-state index in [1.165, 1.54) is 6.07 Å². The number of nitrogens with zero attached hydrogens (tertiary/aromatic N) is 4. The highest BCUT2D eigenvalue weighted by molar-refractivity contribution is 7.93. The molecule has 0 bridgehead atoms. The Labute approximate surface area is 214 Å². The lowest BCUT2D eigenvalue weighted by atomic mass is 10.1. The van der Waals surface area contributed by atoms with E-state index in [2.05, 4.69) is 19.6 Å². The van der Waals surface area contributed by atoms with Crippen molar-refractivity contribution in [2.75, 3.05) is 30.9 Å². The van der Waals surface area contributed by atoms with E-state index in [0.29, 0.717) is 41.6 Å². The number of aromatic nitrogens is 2. The van der Waals surface area contributed by atoms with Crippen molar-refractivity contribution >= 4 is 44.1 Å². The van der Waals surface area contributed by atoms with Crippen molar-refractivity contribution in [3.05, 3.63) is 95.4 Å². The van der Waals surface area contributed by atoms with Crippen LogP contribution in [0.15, 0.2) is 84.0 Å². The minimum absolute atomic E-state index is 0.0817. The third kappa shape index (κ3) is 5.18. The summed E-state index contributed by atoms with van der Waals surface area (Å²) in [5.74, 6) is -0.0817. The van der Waals surface area contributed by atoms with E-state index in [1.807, 2.05) is 29.2 Å². The maximum absolute atomic E-state index is 13.0.